The van der Waals surface area contributed by atoms with Crippen molar-refractivity contribution in [3.05, 3.63) is 76.1 Å². The van der Waals surface area contributed by atoms with Crippen LogP contribution < -0.4 is 5.56 Å². The maximum Gasteiger partial charge on any atom is 0.416 e. The molecule has 0 fully saturated rings. The molecule has 2 heterocycles. The normalized spacial score (nSPS) is 11.6. The Morgan fingerprint density at radius 2 is 1.75 bits per heavy atom. The van der Waals surface area contributed by atoms with Gasteiger partial charge in [-0.25, -0.2) is 4.79 Å². The zero-order chi connectivity index (χ0) is 23.0. The van der Waals surface area contributed by atoms with Crippen LogP contribution in [0.15, 0.2) is 59.4 Å². The predicted octanol–water partition coefficient (Wildman–Crippen LogP) is 4.26. The van der Waals surface area contributed by atoms with Crippen LogP contribution in [0.5, 0.6) is 5.88 Å². The van der Waals surface area contributed by atoms with Crippen molar-refractivity contribution in [2.45, 2.75) is 13.1 Å². The van der Waals surface area contributed by atoms with E-state index in [0.717, 1.165) is 16.6 Å². The summed E-state index contributed by atoms with van der Waals surface area (Å²) in [5, 5.41) is 15.0. The highest BCUT2D eigenvalue weighted by Crippen LogP contribution is 2.37. The van der Waals surface area contributed by atoms with Crippen molar-refractivity contribution in [3.63, 3.8) is 0 Å². The van der Waals surface area contributed by atoms with Gasteiger partial charge in [0.15, 0.2) is 5.56 Å². The first-order valence-electron chi connectivity index (χ1n) is 9.50. The Bertz CT molecular complexity index is 1360. The minimum absolute atomic E-state index is 0.0130. The molecule has 2 aromatic heterocycles. The third-order valence-electron chi connectivity index (χ3n) is 4.80. The standard InChI is InChI=1S/C22H16F3N3O4/c1-2-32-21(31)16-19(29)26-18-15(12-8-10-14(11-9-12)22(23,24)25)17(27-28(18)20(16)30)13-6-4-3-5-7-13/h3-11,30H,2H2,1H3,(H,26,29). The van der Waals surface area contributed by atoms with Crippen molar-refractivity contribution in [2.24, 2.45) is 0 Å². The monoisotopic (exact) mass is 443 g/mol. The van der Waals surface area contributed by atoms with Gasteiger partial charge < -0.3 is 14.8 Å². The van der Waals surface area contributed by atoms with E-state index in [1.54, 1.807) is 37.3 Å². The number of benzene rings is 2. The van der Waals surface area contributed by atoms with E-state index in [-0.39, 0.29) is 23.5 Å². The van der Waals surface area contributed by atoms with Gasteiger partial charge >= 0.3 is 12.1 Å². The average molecular weight is 443 g/mol. The highest BCUT2D eigenvalue weighted by Gasteiger charge is 2.31. The molecule has 0 amide bonds. The van der Waals surface area contributed by atoms with Crippen molar-refractivity contribution in [2.75, 3.05) is 6.61 Å². The Hall–Kier alpha value is -4.08. The van der Waals surface area contributed by atoms with Gasteiger partial charge in [0, 0.05) is 5.56 Å². The van der Waals surface area contributed by atoms with Gasteiger partial charge in [-0.3, -0.25) is 4.79 Å². The number of aromatic hydroxyl groups is 1. The quantitative estimate of drug-likeness (QED) is 0.460. The molecule has 10 heteroatoms. The number of alkyl halides is 3. The number of aromatic nitrogens is 3. The van der Waals surface area contributed by atoms with Crippen LogP contribution in [0.4, 0.5) is 13.2 Å². The van der Waals surface area contributed by atoms with Crippen LogP contribution in [0.25, 0.3) is 28.0 Å². The Morgan fingerprint density at radius 1 is 1.09 bits per heavy atom. The average Bonchev–Trinajstić information content (AvgIpc) is 3.13. The molecule has 0 aliphatic carbocycles. The molecule has 0 saturated heterocycles. The van der Waals surface area contributed by atoms with Crippen LogP contribution in [-0.2, 0) is 10.9 Å². The number of hydrogen-bond donors (Lipinski definition) is 2. The summed E-state index contributed by atoms with van der Waals surface area (Å²) < 4.78 is 44.8. The molecule has 0 aliphatic rings. The van der Waals surface area contributed by atoms with E-state index in [1.807, 2.05) is 0 Å². The molecular formula is C22H16F3N3O4. The molecular weight excluding hydrogens is 427 g/mol. The van der Waals surface area contributed by atoms with Crippen molar-refractivity contribution in [1.29, 1.82) is 0 Å². The smallest absolute Gasteiger partial charge is 0.416 e. The lowest BCUT2D eigenvalue weighted by molar-refractivity contribution is -0.137. The maximum absolute atomic E-state index is 13.0. The van der Waals surface area contributed by atoms with E-state index < -0.39 is 34.7 Å². The summed E-state index contributed by atoms with van der Waals surface area (Å²) in [5.74, 6) is -1.77. The van der Waals surface area contributed by atoms with Crippen LogP contribution in [0.1, 0.15) is 22.8 Å². The molecule has 4 rings (SSSR count). The van der Waals surface area contributed by atoms with Gasteiger partial charge in [-0.1, -0.05) is 42.5 Å². The number of nitrogens with zero attached hydrogens (tertiary/aromatic N) is 2. The fourth-order valence-corrected chi connectivity index (χ4v) is 3.35. The summed E-state index contributed by atoms with van der Waals surface area (Å²) in [4.78, 5) is 27.2. The molecule has 0 spiro atoms. The fourth-order valence-electron chi connectivity index (χ4n) is 3.35. The Balaban J connectivity index is 2.02. The Morgan fingerprint density at radius 3 is 2.34 bits per heavy atom. The van der Waals surface area contributed by atoms with Gasteiger partial charge in [0.25, 0.3) is 5.56 Å². The molecule has 0 atom stereocenters. The molecule has 4 aromatic rings. The van der Waals surface area contributed by atoms with E-state index >= 15 is 0 Å². The molecule has 164 valence electrons. The number of carbonyl (C=O) groups is 1. The Labute approximate surface area is 178 Å². The molecule has 0 bridgehead atoms. The maximum atomic E-state index is 13.0. The highest BCUT2D eigenvalue weighted by molar-refractivity contribution is 5.94. The largest absolute Gasteiger partial charge is 0.492 e. The van der Waals surface area contributed by atoms with Gasteiger partial charge in [0.1, 0.15) is 11.3 Å². The molecule has 2 aromatic carbocycles. The second-order valence-corrected chi connectivity index (χ2v) is 6.80. The third kappa shape index (κ3) is 3.59. The SMILES string of the molecule is CCOC(=O)c1c(O)n2nc(-c3ccccc3)c(-c3ccc(C(F)(F)F)cc3)c2[nH]c1=O. The predicted molar refractivity (Wildman–Crippen MR) is 109 cm³/mol. The first-order chi connectivity index (χ1) is 15.2. The van der Waals surface area contributed by atoms with Gasteiger partial charge in [-0.15, -0.1) is 0 Å². The van der Waals surface area contributed by atoms with Gasteiger partial charge in [-0.2, -0.15) is 22.8 Å². The van der Waals surface area contributed by atoms with Crippen molar-refractivity contribution < 1.29 is 27.8 Å². The number of aromatic amines is 1. The first-order valence-corrected chi connectivity index (χ1v) is 9.50. The molecule has 32 heavy (non-hydrogen) atoms. The number of halogens is 3. The minimum atomic E-state index is -4.51. The number of fused-ring (bicyclic) bond motifs is 1. The lowest BCUT2D eigenvalue weighted by Crippen LogP contribution is -2.22. The summed E-state index contributed by atoms with van der Waals surface area (Å²) in [6.45, 7) is 1.53. The highest BCUT2D eigenvalue weighted by atomic mass is 19.4. The topological polar surface area (TPSA) is 96.7 Å². The van der Waals surface area contributed by atoms with Gasteiger partial charge in [-0.05, 0) is 24.6 Å². The number of hydrogen-bond acceptors (Lipinski definition) is 5. The lowest BCUT2D eigenvalue weighted by Gasteiger charge is -2.09. The van der Waals surface area contributed by atoms with Crippen LogP contribution >= 0.6 is 0 Å². The molecule has 0 aliphatic heterocycles. The molecule has 7 nitrogen and oxygen atoms in total. The van der Waals surface area contributed by atoms with E-state index in [2.05, 4.69) is 10.1 Å². The van der Waals surface area contributed by atoms with Crippen molar-refractivity contribution >= 4 is 11.6 Å². The zero-order valence-electron chi connectivity index (χ0n) is 16.6. The van der Waals surface area contributed by atoms with Gasteiger partial charge in [0.05, 0.1) is 17.7 Å². The molecule has 0 radical (unpaired) electrons. The van der Waals surface area contributed by atoms with E-state index in [4.69, 9.17) is 4.74 Å². The van der Waals surface area contributed by atoms with Gasteiger partial charge in [0.2, 0.25) is 5.88 Å². The number of ether oxygens (including phenoxy) is 1. The third-order valence-corrected chi connectivity index (χ3v) is 4.80. The van der Waals surface area contributed by atoms with Crippen molar-refractivity contribution in [1.82, 2.24) is 14.6 Å². The molecule has 2 N–H and O–H groups in total. The number of esters is 1. The summed E-state index contributed by atoms with van der Waals surface area (Å²) in [7, 11) is 0. The van der Waals surface area contributed by atoms with Crippen LogP contribution in [0, 0.1) is 0 Å². The lowest BCUT2D eigenvalue weighted by atomic mass is 10.00. The number of rotatable bonds is 4. The number of H-pyrrole nitrogens is 1. The molecule has 0 saturated carbocycles. The Kier molecular flexibility index (Phi) is 5.21. The number of carbonyl (C=O) groups excluding carboxylic acids is 1. The molecule has 0 unspecified atom stereocenters. The number of nitrogens with one attached hydrogen (secondary N) is 1. The van der Waals surface area contributed by atoms with E-state index in [0.29, 0.717) is 11.1 Å². The van der Waals surface area contributed by atoms with E-state index in [9.17, 15) is 27.9 Å². The summed E-state index contributed by atoms with van der Waals surface area (Å²) in [6, 6.07) is 13.0. The summed E-state index contributed by atoms with van der Waals surface area (Å²) in [6.07, 6.45) is -4.51. The second kappa shape index (κ2) is 7.88. The minimum Gasteiger partial charge on any atom is -0.492 e. The summed E-state index contributed by atoms with van der Waals surface area (Å²) in [5.41, 5.74) is -0.875. The second-order valence-electron chi connectivity index (χ2n) is 6.80. The van der Waals surface area contributed by atoms with Crippen molar-refractivity contribution in [3.8, 4) is 28.3 Å². The van der Waals surface area contributed by atoms with Crippen LogP contribution in [-0.4, -0.2) is 32.3 Å². The first kappa shape index (κ1) is 21.2. The van der Waals surface area contributed by atoms with Crippen LogP contribution in [0.2, 0.25) is 0 Å². The van der Waals surface area contributed by atoms with E-state index in [1.165, 1.54) is 12.1 Å². The van der Waals surface area contributed by atoms with Crippen LogP contribution in [0.3, 0.4) is 0 Å². The zero-order valence-corrected chi connectivity index (χ0v) is 16.6. The summed E-state index contributed by atoms with van der Waals surface area (Å²) >= 11 is 0. The fraction of sp³-hybridized carbons (Fsp3) is 0.136.